The Balaban J connectivity index is 1.42. The van der Waals surface area contributed by atoms with Crippen molar-refractivity contribution in [1.82, 2.24) is 14.5 Å². The van der Waals surface area contributed by atoms with Crippen molar-refractivity contribution < 1.29 is 9.53 Å². The van der Waals surface area contributed by atoms with E-state index in [9.17, 15) is 9.59 Å². The molecule has 0 saturated carbocycles. The molecule has 2 aromatic heterocycles. The van der Waals surface area contributed by atoms with E-state index in [4.69, 9.17) is 4.74 Å². The third-order valence-electron chi connectivity index (χ3n) is 4.66. The van der Waals surface area contributed by atoms with Crippen LogP contribution in [-0.2, 0) is 7.05 Å². The smallest absolute Gasteiger partial charge is 0.254 e. The van der Waals surface area contributed by atoms with Gasteiger partial charge in [-0.05, 0) is 38.1 Å². The average Bonchev–Trinajstić information content (AvgIpc) is 2.94. The molecule has 134 valence electrons. The first-order chi connectivity index (χ1) is 12.4. The van der Waals surface area contributed by atoms with Gasteiger partial charge in [-0.1, -0.05) is 0 Å². The minimum atomic E-state index is -0.0968. The molecule has 26 heavy (non-hydrogen) atoms. The van der Waals surface area contributed by atoms with Crippen molar-refractivity contribution in [2.24, 2.45) is 7.05 Å². The van der Waals surface area contributed by atoms with Gasteiger partial charge >= 0.3 is 0 Å². The first-order valence-corrected chi connectivity index (χ1v) is 9.23. The molecule has 3 heterocycles. The van der Waals surface area contributed by atoms with Crippen molar-refractivity contribution in [3.05, 3.63) is 57.0 Å². The molecule has 1 aliphatic heterocycles. The normalized spacial score (nSPS) is 14.5. The zero-order valence-electron chi connectivity index (χ0n) is 14.9. The number of pyridine rings is 1. The van der Waals surface area contributed by atoms with Crippen LogP contribution in [0.1, 0.15) is 21.1 Å². The molecule has 0 N–H and O–H groups in total. The van der Waals surface area contributed by atoms with E-state index in [1.807, 2.05) is 38.1 Å². The van der Waals surface area contributed by atoms with E-state index in [2.05, 4.69) is 4.98 Å². The van der Waals surface area contributed by atoms with Crippen LogP contribution in [0.4, 0.5) is 0 Å². The fraction of sp³-hybridized carbons (Fsp3) is 0.316. The third-order valence-corrected chi connectivity index (χ3v) is 5.59. The molecule has 0 bridgehead atoms. The molecule has 1 aliphatic rings. The quantitative estimate of drug-likeness (QED) is 0.712. The first-order valence-electron chi connectivity index (χ1n) is 8.41. The summed E-state index contributed by atoms with van der Waals surface area (Å²) in [6.45, 7) is 4.87. The van der Waals surface area contributed by atoms with Crippen molar-refractivity contribution in [3.8, 4) is 5.75 Å². The second-order valence-electron chi connectivity index (χ2n) is 6.60. The number of likely N-dealkylation sites (tertiary alicyclic amines) is 1. The number of ether oxygens (including phenoxy) is 1. The summed E-state index contributed by atoms with van der Waals surface area (Å²) in [4.78, 5) is 30.6. The molecule has 3 aromatic rings. The largest absolute Gasteiger partial charge is 0.486 e. The summed E-state index contributed by atoms with van der Waals surface area (Å²) in [7, 11) is 1.73. The molecule has 6 nitrogen and oxygen atoms in total. The number of carbonyl (C=O) groups is 1. The van der Waals surface area contributed by atoms with Crippen LogP contribution in [0.15, 0.2) is 35.1 Å². The predicted octanol–water partition coefficient (Wildman–Crippen LogP) is 2.52. The van der Waals surface area contributed by atoms with Crippen molar-refractivity contribution in [2.75, 3.05) is 13.1 Å². The standard InChI is InChI=1S/C19H19N3O3S/c1-11-6-14(8-18(23)21(11)3)25-15-9-22(10-15)19(24)13-4-5-16-17(7-13)26-12(2)20-16/h4-8,15H,9-10H2,1-3H3. The number of thiazole rings is 1. The monoisotopic (exact) mass is 369 g/mol. The van der Waals surface area contributed by atoms with E-state index in [0.29, 0.717) is 24.4 Å². The highest BCUT2D eigenvalue weighted by atomic mass is 32.1. The number of hydrogen-bond acceptors (Lipinski definition) is 5. The van der Waals surface area contributed by atoms with Gasteiger partial charge in [-0.25, -0.2) is 4.98 Å². The average molecular weight is 369 g/mol. The summed E-state index contributed by atoms with van der Waals surface area (Å²) >= 11 is 1.59. The van der Waals surface area contributed by atoms with Crippen molar-refractivity contribution >= 4 is 27.5 Å². The molecule has 0 radical (unpaired) electrons. The molecular weight excluding hydrogens is 350 g/mol. The molecule has 7 heteroatoms. The van der Waals surface area contributed by atoms with Gasteiger partial charge in [0.15, 0.2) is 0 Å². The molecule has 1 saturated heterocycles. The van der Waals surface area contributed by atoms with Gasteiger partial charge in [0.05, 0.1) is 28.3 Å². The van der Waals surface area contributed by atoms with Crippen LogP contribution in [0.25, 0.3) is 10.2 Å². The molecule has 0 spiro atoms. The molecule has 4 rings (SSSR count). The summed E-state index contributed by atoms with van der Waals surface area (Å²) in [5.41, 5.74) is 2.34. The second-order valence-corrected chi connectivity index (χ2v) is 7.83. The summed E-state index contributed by atoms with van der Waals surface area (Å²) in [6, 6.07) is 8.94. The number of aromatic nitrogens is 2. The lowest BCUT2D eigenvalue weighted by Crippen LogP contribution is -2.56. The highest BCUT2D eigenvalue weighted by molar-refractivity contribution is 7.18. The molecule has 0 unspecified atom stereocenters. The van der Waals surface area contributed by atoms with E-state index in [-0.39, 0.29) is 17.6 Å². The maximum Gasteiger partial charge on any atom is 0.254 e. The van der Waals surface area contributed by atoms with Crippen molar-refractivity contribution in [2.45, 2.75) is 20.0 Å². The number of aryl methyl sites for hydroxylation is 2. The van der Waals surface area contributed by atoms with Gasteiger partial charge in [-0.3, -0.25) is 9.59 Å². The number of nitrogens with zero attached hydrogens (tertiary/aromatic N) is 3. The molecule has 0 atom stereocenters. The summed E-state index contributed by atoms with van der Waals surface area (Å²) in [6.07, 6.45) is -0.0835. The Bertz CT molecular complexity index is 1060. The van der Waals surface area contributed by atoms with E-state index in [1.54, 1.807) is 27.9 Å². The van der Waals surface area contributed by atoms with Gasteiger partial charge in [-0.15, -0.1) is 11.3 Å². The molecule has 1 fully saturated rings. The SMILES string of the molecule is Cc1nc2ccc(C(=O)N3CC(Oc4cc(C)n(C)c(=O)c4)C3)cc2s1. The Morgan fingerprint density at radius 3 is 2.73 bits per heavy atom. The maximum absolute atomic E-state index is 12.6. The van der Waals surface area contributed by atoms with Crippen LogP contribution in [0, 0.1) is 13.8 Å². The van der Waals surface area contributed by atoms with Crippen LogP contribution >= 0.6 is 11.3 Å². The molecule has 0 aliphatic carbocycles. The van der Waals surface area contributed by atoms with Crippen LogP contribution in [0.3, 0.4) is 0 Å². The van der Waals surface area contributed by atoms with E-state index >= 15 is 0 Å². The second kappa shape index (κ2) is 6.25. The fourth-order valence-electron chi connectivity index (χ4n) is 3.03. The van der Waals surface area contributed by atoms with Gasteiger partial charge in [-0.2, -0.15) is 0 Å². The van der Waals surface area contributed by atoms with Gasteiger partial charge in [0.2, 0.25) is 0 Å². The zero-order valence-corrected chi connectivity index (χ0v) is 15.7. The lowest BCUT2D eigenvalue weighted by atomic mass is 10.1. The Morgan fingerprint density at radius 1 is 1.23 bits per heavy atom. The fourth-order valence-corrected chi connectivity index (χ4v) is 3.90. The minimum Gasteiger partial charge on any atom is -0.486 e. The predicted molar refractivity (Wildman–Crippen MR) is 101 cm³/mol. The number of hydrogen-bond donors (Lipinski definition) is 0. The zero-order chi connectivity index (χ0) is 18.4. The minimum absolute atomic E-state index is 0.00189. The topological polar surface area (TPSA) is 64.4 Å². The van der Waals surface area contributed by atoms with Gasteiger partial charge < -0.3 is 14.2 Å². The van der Waals surface area contributed by atoms with Crippen LogP contribution in [0.2, 0.25) is 0 Å². The van der Waals surface area contributed by atoms with Crippen LogP contribution in [-0.4, -0.2) is 39.6 Å². The van der Waals surface area contributed by atoms with E-state index in [1.165, 1.54) is 6.07 Å². The van der Waals surface area contributed by atoms with Gasteiger partial charge in [0.25, 0.3) is 11.5 Å². The number of rotatable bonds is 3. The number of fused-ring (bicyclic) bond motifs is 1. The van der Waals surface area contributed by atoms with Crippen LogP contribution < -0.4 is 10.3 Å². The molecule has 1 aromatic carbocycles. The van der Waals surface area contributed by atoms with Crippen LogP contribution in [0.5, 0.6) is 5.75 Å². The Kier molecular flexibility index (Phi) is 4.03. The lowest BCUT2D eigenvalue weighted by Gasteiger charge is -2.39. The number of benzene rings is 1. The highest BCUT2D eigenvalue weighted by Crippen LogP contribution is 2.25. The maximum atomic E-state index is 12.6. The summed E-state index contributed by atoms with van der Waals surface area (Å²) in [5.74, 6) is 0.558. The highest BCUT2D eigenvalue weighted by Gasteiger charge is 2.33. The summed E-state index contributed by atoms with van der Waals surface area (Å²) < 4.78 is 8.44. The number of amides is 1. The third kappa shape index (κ3) is 2.99. The number of carbonyl (C=O) groups excluding carboxylic acids is 1. The summed E-state index contributed by atoms with van der Waals surface area (Å²) in [5, 5.41) is 0.992. The van der Waals surface area contributed by atoms with Crippen molar-refractivity contribution in [3.63, 3.8) is 0 Å². The Morgan fingerprint density at radius 2 is 2.00 bits per heavy atom. The Labute approximate surface area is 154 Å². The molecule has 1 amide bonds. The lowest BCUT2D eigenvalue weighted by molar-refractivity contribution is 0.0177. The van der Waals surface area contributed by atoms with Crippen molar-refractivity contribution in [1.29, 1.82) is 0 Å². The van der Waals surface area contributed by atoms with Gasteiger partial charge in [0.1, 0.15) is 11.9 Å². The van der Waals surface area contributed by atoms with Gasteiger partial charge in [0, 0.05) is 24.4 Å². The van der Waals surface area contributed by atoms with E-state index in [0.717, 1.165) is 20.9 Å². The van der Waals surface area contributed by atoms with E-state index < -0.39 is 0 Å². The first kappa shape index (κ1) is 16.8. The Hall–Kier alpha value is -2.67. The molecular formula is C19H19N3O3S.